The van der Waals surface area contributed by atoms with E-state index >= 15 is 0 Å². The van der Waals surface area contributed by atoms with Crippen molar-refractivity contribution in [1.29, 1.82) is 0 Å². The molecule has 0 aliphatic carbocycles. The van der Waals surface area contributed by atoms with Crippen LogP contribution in [0.4, 0.5) is 5.69 Å². The molecule has 0 spiro atoms. The average Bonchev–Trinajstić information content (AvgIpc) is 3.29. The van der Waals surface area contributed by atoms with E-state index in [0.717, 1.165) is 16.9 Å². The predicted octanol–water partition coefficient (Wildman–Crippen LogP) is 3.99. The number of anilines is 1. The molecule has 8 nitrogen and oxygen atoms in total. The van der Waals surface area contributed by atoms with E-state index in [-0.39, 0.29) is 18.6 Å². The summed E-state index contributed by atoms with van der Waals surface area (Å²) in [6.45, 7) is 2.69. The summed E-state index contributed by atoms with van der Waals surface area (Å²) in [7, 11) is 1.62. The van der Waals surface area contributed by atoms with Crippen molar-refractivity contribution < 1.29 is 28.5 Å². The van der Waals surface area contributed by atoms with Gasteiger partial charge in [0.1, 0.15) is 11.5 Å². The lowest BCUT2D eigenvalue weighted by atomic mass is 10.1. The third-order valence-corrected chi connectivity index (χ3v) is 5.81. The second-order valence-corrected chi connectivity index (χ2v) is 8.15. The number of methoxy groups -OCH3 is 1. The van der Waals surface area contributed by atoms with Gasteiger partial charge in [0.05, 0.1) is 7.11 Å². The van der Waals surface area contributed by atoms with Gasteiger partial charge in [-0.15, -0.1) is 0 Å². The van der Waals surface area contributed by atoms with Gasteiger partial charge in [0.2, 0.25) is 6.79 Å². The van der Waals surface area contributed by atoms with Gasteiger partial charge < -0.3 is 29.2 Å². The van der Waals surface area contributed by atoms with Gasteiger partial charge in [-0.05, 0) is 61.0 Å². The fourth-order valence-corrected chi connectivity index (χ4v) is 4.00. The molecule has 0 saturated carbocycles. The molecule has 0 saturated heterocycles. The lowest BCUT2D eigenvalue weighted by Gasteiger charge is -2.22. The Kier molecular flexibility index (Phi) is 5.71. The van der Waals surface area contributed by atoms with E-state index in [9.17, 15) is 9.59 Å². The molecule has 2 aliphatic rings. The van der Waals surface area contributed by atoms with Crippen LogP contribution in [0.15, 0.2) is 60.7 Å². The third-order valence-electron chi connectivity index (χ3n) is 5.81. The first-order chi connectivity index (χ1) is 16.5. The monoisotopic (exact) mass is 460 g/mol. The first kappa shape index (κ1) is 21.6. The Labute approximate surface area is 197 Å². The molecule has 1 N–H and O–H groups in total. The third kappa shape index (κ3) is 4.34. The topological polar surface area (TPSA) is 86.3 Å². The van der Waals surface area contributed by atoms with E-state index < -0.39 is 6.10 Å². The number of carbonyl (C=O) groups excluding carboxylic acids is 2. The zero-order valence-electron chi connectivity index (χ0n) is 18.9. The molecule has 2 amide bonds. The van der Waals surface area contributed by atoms with Crippen molar-refractivity contribution in [3.63, 3.8) is 0 Å². The maximum absolute atomic E-state index is 13.0. The smallest absolute Gasteiger partial charge is 0.263 e. The number of ether oxygens (including phenoxy) is 4. The van der Waals surface area contributed by atoms with Crippen molar-refractivity contribution in [2.45, 2.75) is 26.1 Å². The number of hydrogen-bond donors (Lipinski definition) is 1. The summed E-state index contributed by atoms with van der Waals surface area (Å²) >= 11 is 0. The molecule has 0 aromatic heterocycles. The summed E-state index contributed by atoms with van der Waals surface area (Å²) < 4.78 is 21.8. The SMILES string of the molecule is COc1ccc(CN2Cc3cc(NC(=O)c4ccc5c(c4)OCO5)ccc3O[C@H](C)C2=O)cc1. The van der Waals surface area contributed by atoms with Crippen LogP contribution >= 0.6 is 0 Å². The van der Waals surface area contributed by atoms with E-state index in [1.54, 1.807) is 49.3 Å². The van der Waals surface area contributed by atoms with Gasteiger partial charge in [-0.1, -0.05) is 12.1 Å². The van der Waals surface area contributed by atoms with Crippen LogP contribution in [0.5, 0.6) is 23.0 Å². The number of hydrogen-bond acceptors (Lipinski definition) is 6. The highest BCUT2D eigenvalue weighted by atomic mass is 16.7. The summed E-state index contributed by atoms with van der Waals surface area (Å²) in [5.74, 6) is 2.18. The number of benzene rings is 3. The van der Waals surface area contributed by atoms with Crippen molar-refractivity contribution >= 4 is 17.5 Å². The second-order valence-electron chi connectivity index (χ2n) is 8.15. The number of fused-ring (bicyclic) bond motifs is 2. The molecule has 5 rings (SSSR count). The Bertz CT molecular complexity index is 1240. The van der Waals surface area contributed by atoms with E-state index in [4.69, 9.17) is 18.9 Å². The van der Waals surface area contributed by atoms with Gasteiger partial charge in [0, 0.05) is 29.9 Å². The Morgan fingerprint density at radius 2 is 1.79 bits per heavy atom. The minimum atomic E-state index is -0.617. The fourth-order valence-electron chi connectivity index (χ4n) is 4.00. The zero-order chi connectivity index (χ0) is 23.7. The van der Waals surface area contributed by atoms with Gasteiger partial charge in [-0.2, -0.15) is 0 Å². The molecular formula is C26H24N2O6. The molecule has 0 fully saturated rings. The number of nitrogens with zero attached hydrogens (tertiary/aromatic N) is 1. The highest BCUT2D eigenvalue weighted by Crippen LogP contribution is 2.33. The molecular weight excluding hydrogens is 436 g/mol. The molecule has 34 heavy (non-hydrogen) atoms. The Morgan fingerprint density at radius 3 is 2.59 bits per heavy atom. The maximum atomic E-state index is 13.0. The average molecular weight is 460 g/mol. The first-order valence-corrected chi connectivity index (χ1v) is 10.9. The van der Waals surface area contributed by atoms with E-state index in [1.165, 1.54) is 0 Å². The molecule has 174 valence electrons. The first-order valence-electron chi connectivity index (χ1n) is 10.9. The molecule has 3 aromatic carbocycles. The molecule has 2 aliphatic heterocycles. The molecule has 0 unspecified atom stereocenters. The molecule has 1 atom stereocenters. The largest absolute Gasteiger partial charge is 0.497 e. The van der Waals surface area contributed by atoms with Gasteiger partial charge in [0.15, 0.2) is 17.6 Å². The fraction of sp³-hybridized carbons (Fsp3) is 0.231. The van der Waals surface area contributed by atoms with Crippen molar-refractivity contribution in [1.82, 2.24) is 4.90 Å². The van der Waals surface area contributed by atoms with Gasteiger partial charge in [0.25, 0.3) is 11.8 Å². The number of nitrogens with one attached hydrogen (secondary N) is 1. The second kappa shape index (κ2) is 8.97. The summed E-state index contributed by atoms with van der Waals surface area (Å²) in [4.78, 5) is 27.5. The Hall–Kier alpha value is -4.20. The van der Waals surface area contributed by atoms with Crippen molar-refractivity contribution in [2.75, 3.05) is 19.2 Å². The molecule has 0 bridgehead atoms. The van der Waals surface area contributed by atoms with Crippen molar-refractivity contribution in [2.24, 2.45) is 0 Å². The zero-order valence-corrected chi connectivity index (χ0v) is 18.9. The van der Waals surface area contributed by atoms with Crippen LogP contribution in [-0.4, -0.2) is 36.7 Å². The van der Waals surface area contributed by atoms with E-state index in [1.807, 2.05) is 30.3 Å². The summed E-state index contributed by atoms with van der Waals surface area (Å²) in [6, 6.07) is 18.1. The number of carbonyl (C=O) groups is 2. The highest BCUT2D eigenvalue weighted by molar-refractivity contribution is 6.04. The van der Waals surface area contributed by atoms with Crippen LogP contribution < -0.4 is 24.3 Å². The lowest BCUT2D eigenvalue weighted by molar-refractivity contribution is -0.138. The summed E-state index contributed by atoms with van der Waals surface area (Å²) in [6.07, 6.45) is -0.617. The summed E-state index contributed by atoms with van der Waals surface area (Å²) in [5, 5.41) is 2.91. The van der Waals surface area contributed by atoms with Crippen LogP contribution in [-0.2, 0) is 17.9 Å². The number of amides is 2. The van der Waals surface area contributed by atoms with E-state index in [2.05, 4.69) is 5.32 Å². The van der Waals surface area contributed by atoms with Crippen LogP contribution in [0.2, 0.25) is 0 Å². The van der Waals surface area contributed by atoms with Crippen LogP contribution in [0, 0.1) is 0 Å². The van der Waals surface area contributed by atoms with Gasteiger partial charge >= 0.3 is 0 Å². The molecule has 8 heteroatoms. The van der Waals surface area contributed by atoms with Crippen LogP contribution in [0.25, 0.3) is 0 Å². The van der Waals surface area contributed by atoms with Gasteiger partial charge in [-0.3, -0.25) is 9.59 Å². The minimum Gasteiger partial charge on any atom is -0.497 e. The van der Waals surface area contributed by atoms with Crippen molar-refractivity contribution in [3.8, 4) is 23.0 Å². The minimum absolute atomic E-state index is 0.0991. The normalized spacial score (nSPS) is 16.4. The standard InChI is InChI=1S/C26H24N2O6/c1-16-26(30)28(13-17-3-7-21(31-2)8-4-17)14-19-11-20(6-10-22(19)34-16)27-25(29)18-5-9-23-24(12-18)33-15-32-23/h3-12,16H,13-15H2,1-2H3,(H,27,29)/t16-/m1/s1. The van der Waals surface area contributed by atoms with E-state index in [0.29, 0.717) is 41.6 Å². The van der Waals surface area contributed by atoms with Gasteiger partial charge in [-0.25, -0.2) is 0 Å². The maximum Gasteiger partial charge on any atom is 0.263 e. The molecule has 3 aromatic rings. The number of rotatable bonds is 5. The molecule has 2 heterocycles. The Morgan fingerprint density at radius 1 is 1.03 bits per heavy atom. The summed E-state index contributed by atoms with van der Waals surface area (Å²) in [5.41, 5.74) is 2.86. The Balaban J connectivity index is 1.35. The lowest BCUT2D eigenvalue weighted by Crippen LogP contribution is -2.37. The molecule has 0 radical (unpaired) electrons. The van der Waals surface area contributed by atoms with Crippen LogP contribution in [0.1, 0.15) is 28.4 Å². The quantitative estimate of drug-likeness (QED) is 0.620. The van der Waals surface area contributed by atoms with Crippen molar-refractivity contribution in [3.05, 3.63) is 77.4 Å². The van der Waals surface area contributed by atoms with Crippen LogP contribution in [0.3, 0.4) is 0 Å². The predicted molar refractivity (Wildman–Crippen MR) is 124 cm³/mol. The highest BCUT2D eigenvalue weighted by Gasteiger charge is 2.28.